The van der Waals surface area contributed by atoms with Gasteiger partial charge in [-0.3, -0.25) is 0 Å². The number of hydrogen-bond acceptors (Lipinski definition) is 5. The lowest BCUT2D eigenvalue weighted by Gasteiger charge is -2.27. The van der Waals surface area contributed by atoms with Crippen molar-refractivity contribution in [2.75, 3.05) is 32.7 Å². The number of thiol groups is 1. The summed E-state index contributed by atoms with van der Waals surface area (Å²) in [6.45, 7) is 4.42. The van der Waals surface area contributed by atoms with Gasteiger partial charge in [-0.25, -0.2) is 8.51 Å². The van der Waals surface area contributed by atoms with Crippen LogP contribution >= 0.6 is 34.8 Å². The van der Waals surface area contributed by atoms with E-state index in [0.29, 0.717) is 21.5 Å². The van der Waals surface area contributed by atoms with E-state index in [4.69, 9.17) is 44.3 Å². The smallest absolute Gasteiger partial charge is 0.156 e. The number of benzene rings is 2. The highest BCUT2D eigenvalue weighted by molar-refractivity contribution is 7.62. The molecule has 0 aliphatic heterocycles. The van der Waals surface area contributed by atoms with Crippen molar-refractivity contribution in [1.82, 2.24) is 4.31 Å². The molecule has 0 saturated heterocycles. The van der Waals surface area contributed by atoms with Crippen LogP contribution in [0.1, 0.15) is 25.0 Å². The van der Waals surface area contributed by atoms with Gasteiger partial charge in [-0.15, -0.1) is 11.6 Å². The number of rotatable bonds is 12. The van der Waals surface area contributed by atoms with E-state index in [-0.39, 0.29) is 37.5 Å². The van der Waals surface area contributed by atoms with Gasteiger partial charge in [-0.05, 0) is 42.4 Å². The quantitative estimate of drug-likeness (QED) is 0.291. The zero-order chi connectivity index (χ0) is 23.9. The molecule has 0 radical (unpaired) electrons. The van der Waals surface area contributed by atoms with Gasteiger partial charge in [0, 0.05) is 12.0 Å². The highest BCUT2D eigenvalue weighted by Gasteiger charge is 2.26. The number of alkyl halides is 1. The number of halogens is 3. The summed E-state index contributed by atoms with van der Waals surface area (Å²) in [5, 5.41) is 20.2. The van der Waals surface area contributed by atoms with Crippen molar-refractivity contribution < 1.29 is 23.9 Å². The number of ether oxygens (including phenoxy) is 2. The molecule has 0 bridgehead atoms. The number of hydrogen-bond donors (Lipinski definition) is 3. The highest BCUT2D eigenvalue weighted by atomic mass is 35.5. The first-order valence-electron chi connectivity index (χ1n) is 9.90. The van der Waals surface area contributed by atoms with Crippen LogP contribution < -0.4 is 9.47 Å². The van der Waals surface area contributed by atoms with Gasteiger partial charge >= 0.3 is 0 Å². The van der Waals surface area contributed by atoms with E-state index in [1.807, 2.05) is 38.1 Å². The van der Waals surface area contributed by atoms with Crippen molar-refractivity contribution in [3.8, 4) is 11.5 Å². The average molecular weight is 525 g/mol. The first-order chi connectivity index (χ1) is 15.1. The van der Waals surface area contributed by atoms with Crippen molar-refractivity contribution in [3.63, 3.8) is 0 Å². The number of nitrogens with zero attached hydrogens (tertiary/aromatic N) is 1. The van der Waals surface area contributed by atoms with Crippen molar-refractivity contribution in [3.05, 3.63) is 57.6 Å². The Balaban J connectivity index is 2.11. The fraction of sp³-hybridized carbons (Fsp3) is 0.455. The summed E-state index contributed by atoms with van der Waals surface area (Å²) in [7, 11) is 1.63. The molecule has 32 heavy (non-hydrogen) atoms. The maximum atomic E-state index is 10.7. The van der Waals surface area contributed by atoms with Gasteiger partial charge in [-0.1, -0.05) is 49.2 Å². The molecule has 0 amide bonds. The molecule has 2 aromatic rings. The molecule has 10 heteroatoms. The molecule has 178 valence electrons. The lowest BCUT2D eigenvalue weighted by Crippen LogP contribution is -2.30. The Bertz CT molecular complexity index is 875. The van der Waals surface area contributed by atoms with E-state index in [1.54, 1.807) is 19.2 Å². The van der Waals surface area contributed by atoms with Crippen LogP contribution in [0.3, 0.4) is 0 Å². The van der Waals surface area contributed by atoms with Gasteiger partial charge in [0.15, 0.2) is 5.75 Å². The van der Waals surface area contributed by atoms with Crippen molar-refractivity contribution in [1.29, 1.82) is 0 Å². The van der Waals surface area contributed by atoms with E-state index in [0.717, 1.165) is 11.1 Å². The third-order valence-corrected chi connectivity index (χ3v) is 6.31. The zero-order valence-corrected chi connectivity index (χ0v) is 21.3. The fourth-order valence-electron chi connectivity index (χ4n) is 3.00. The number of likely N-dealkylation sites (N-methyl/N-ethyl adjacent to an activating group) is 1. The van der Waals surface area contributed by atoms with Gasteiger partial charge in [-0.2, -0.15) is 0 Å². The Hall–Kier alpha value is -1.06. The molecule has 0 aliphatic carbocycles. The first-order valence-corrected chi connectivity index (χ1v) is 12.0. The fourth-order valence-corrected chi connectivity index (χ4v) is 3.94. The van der Waals surface area contributed by atoms with Crippen molar-refractivity contribution in [2.45, 2.75) is 31.5 Å². The summed E-state index contributed by atoms with van der Waals surface area (Å²) in [4.78, 5) is 0. The topological polar surface area (TPSA) is 79.2 Å². The molecular formula is C22H28Cl3NO5S. The van der Waals surface area contributed by atoms with Crippen LogP contribution in [-0.2, 0) is 17.3 Å². The maximum Gasteiger partial charge on any atom is 0.156 e. The predicted octanol–water partition coefficient (Wildman–Crippen LogP) is 3.83. The maximum absolute atomic E-state index is 10.7. The second-order valence-corrected chi connectivity index (χ2v) is 9.89. The van der Waals surface area contributed by atoms with Crippen LogP contribution in [0.15, 0.2) is 36.4 Å². The van der Waals surface area contributed by atoms with E-state index in [1.165, 1.54) is 4.31 Å². The van der Waals surface area contributed by atoms with Gasteiger partial charge < -0.3 is 19.7 Å². The molecule has 2 rings (SSSR count). The summed E-state index contributed by atoms with van der Waals surface area (Å²) in [5.41, 5.74) is 1.48. The molecule has 2 N–H and O–H groups in total. The summed E-state index contributed by atoms with van der Waals surface area (Å²) >= 11 is 18.3. The Morgan fingerprint density at radius 2 is 1.56 bits per heavy atom. The highest BCUT2D eigenvalue weighted by Crippen LogP contribution is 2.40. The molecule has 0 aliphatic rings. The minimum Gasteiger partial charge on any atom is -0.491 e. The van der Waals surface area contributed by atoms with E-state index >= 15 is 0 Å². The summed E-state index contributed by atoms with van der Waals surface area (Å²) in [5.74, 6) is 0.973. The van der Waals surface area contributed by atoms with Crippen molar-refractivity contribution in [2.24, 2.45) is 0 Å². The van der Waals surface area contributed by atoms with Crippen molar-refractivity contribution >= 4 is 46.7 Å². The van der Waals surface area contributed by atoms with Crippen LogP contribution in [0.4, 0.5) is 0 Å². The Morgan fingerprint density at radius 1 is 1.00 bits per heavy atom. The molecule has 6 nitrogen and oxygen atoms in total. The number of aliphatic hydroxyl groups is 2. The molecule has 0 saturated carbocycles. The van der Waals surface area contributed by atoms with E-state index in [2.05, 4.69) is 0 Å². The average Bonchev–Trinajstić information content (AvgIpc) is 2.76. The van der Waals surface area contributed by atoms with Crippen LogP contribution in [0.25, 0.3) is 0 Å². The molecular weight excluding hydrogens is 497 g/mol. The lowest BCUT2D eigenvalue weighted by molar-refractivity contribution is 0.0950. The molecule has 2 atom stereocenters. The predicted molar refractivity (Wildman–Crippen MR) is 131 cm³/mol. The second-order valence-electron chi connectivity index (χ2n) is 7.92. The monoisotopic (exact) mass is 523 g/mol. The Labute approximate surface area is 207 Å². The van der Waals surface area contributed by atoms with E-state index < -0.39 is 17.6 Å². The van der Waals surface area contributed by atoms with E-state index in [9.17, 15) is 14.4 Å². The first kappa shape index (κ1) is 27.2. The third-order valence-electron chi connectivity index (χ3n) is 4.95. The minimum atomic E-state index is -0.811. The largest absolute Gasteiger partial charge is 0.491 e. The van der Waals surface area contributed by atoms with Crippen LogP contribution in [0.2, 0.25) is 10.0 Å². The zero-order valence-electron chi connectivity index (χ0n) is 18.1. The molecule has 0 spiro atoms. The Kier molecular flexibility index (Phi) is 10.5. The Morgan fingerprint density at radius 3 is 2.09 bits per heavy atom. The SMILES string of the molecule is CN(C[C@@H](O)COc1ccc(C(C)(C)c2cc(Cl)c(OC[C@H](O)CCl)c(Cl)c2)cc1)[SH]=O. The second kappa shape index (κ2) is 12.4. The molecule has 2 aromatic carbocycles. The summed E-state index contributed by atoms with van der Waals surface area (Å²) in [6, 6.07) is 11.1. The molecule has 0 unspecified atom stereocenters. The summed E-state index contributed by atoms with van der Waals surface area (Å²) < 4.78 is 23.3. The lowest BCUT2D eigenvalue weighted by atomic mass is 9.78. The van der Waals surface area contributed by atoms with Crippen LogP contribution in [0, 0.1) is 0 Å². The molecule has 0 aromatic heterocycles. The standard InChI is InChI=1S/C22H28Cl3NO5S/c1-22(2,15-8-19(24)21(20(25)9-15)31-12-16(27)10-23)14-4-6-18(7-5-14)30-13-17(28)11-26(3)32-29/h4-9,16-17,27-28,32H,10-13H2,1-3H3/t16-,17-/m1/s1. The van der Waals surface area contributed by atoms with Crippen LogP contribution in [0.5, 0.6) is 11.5 Å². The van der Waals surface area contributed by atoms with Gasteiger partial charge in [0.05, 0.1) is 27.8 Å². The minimum absolute atomic E-state index is 0.00533. The van der Waals surface area contributed by atoms with Gasteiger partial charge in [0.1, 0.15) is 31.2 Å². The number of aliphatic hydroxyl groups excluding tert-OH is 2. The van der Waals surface area contributed by atoms with Gasteiger partial charge in [0.2, 0.25) is 0 Å². The van der Waals surface area contributed by atoms with Gasteiger partial charge in [0.25, 0.3) is 0 Å². The third kappa shape index (κ3) is 7.48. The normalized spacial score (nSPS) is 13.8. The molecule has 0 heterocycles. The summed E-state index contributed by atoms with van der Waals surface area (Å²) in [6.07, 6.45) is -1.57. The molecule has 0 fully saturated rings. The van der Waals surface area contributed by atoms with Crippen LogP contribution in [-0.4, -0.2) is 63.6 Å².